The lowest BCUT2D eigenvalue weighted by Crippen LogP contribution is -2.57. The van der Waals surface area contributed by atoms with Crippen LogP contribution in [0.2, 0.25) is 0 Å². The van der Waals surface area contributed by atoms with Gasteiger partial charge in [-0.1, -0.05) is 0 Å². The van der Waals surface area contributed by atoms with Gasteiger partial charge in [0.05, 0.1) is 19.3 Å². The summed E-state index contributed by atoms with van der Waals surface area (Å²) in [5.74, 6) is -0.210. The Bertz CT molecular complexity index is 222. The SMILES string of the molecule is CCOC(=O)[C@@H]1CO[C@H]2CNC[C@@H]2N1. The summed E-state index contributed by atoms with van der Waals surface area (Å²) < 4.78 is 10.5. The predicted molar refractivity (Wildman–Crippen MR) is 50.0 cm³/mol. The second-order valence-corrected chi connectivity index (χ2v) is 3.61. The van der Waals surface area contributed by atoms with E-state index in [1.54, 1.807) is 0 Å². The lowest BCUT2D eigenvalue weighted by atomic mass is 10.1. The van der Waals surface area contributed by atoms with Crippen molar-refractivity contribution in [1.82, 2.24) is 10.6 Å². The topological polar surface area (TPSA) is 59.6 Å². The normalized spacial score (nSPS) is 36.5. The van der Waals surface area contributed by atoms with Crippen molar-refractivity contribution in [1.29, 1.82) is 0 Å². The van der Waals surface area contributed by atoms with Gasteiger partial charge in [-0.05, 0) is 6.92 Å². The molecule has 0 bridgehead atoms. The molecule has 14 heavy (non-hydrogen) atoms. The maximum atomic E-state index is 11.4. The van der Waals surface area contributed by atoms with Gasteiger partial charge in [0.2, 0.25) is 0 Å². The molecule has 2 aliphatic rings. The molecule has 80 valence electrons. The largest absolute Gasteiger partial charge is 0.465 e. The number of ether oxygens (including phenoxy) is 2. The van der Waals surface area contributed by atoms with E-state index in [0.29, 0.717) is 13.2 Å². The van der Waals surface area contributed by atoms with Gasteiger partial charge in [0.15, 0.2) is 0 Å². The Morgan fingerprint density at radius 2 is 2.43 bits per heavy atom. The fraction of sp³-hybridized carbons (Fsp3) is 0.889. The standard InChI is InChI=1S/C9H16N2O3/c1-2-13-9(12)7-5-14-8-4-10-3-6(8)11-7/h6-8,10-11H,2-5H2,1H3/t6-,7-,8-/m0/s1. The summed E-state index contributed by atoms with van der Waals surface area (Å²) in [6.45, 7) is 4.38. The highest BCUT2D eigenvalue weighted by molar-refractivity contribution is 5.76. The molecule has 2 fully saturated rings. The first-order chi connectivity index (χ1) is 6.81. The molecule has 0 aromatic rings. The number of nitrogens with one attached hydrogen (secondary N) is 2. The number of fused-ring (bicyclic) bond motifs is 1. The molecular formula is C9H16N2O3. The summed E-state index contributed by atoms with van der Waals surface area (Å²) in [6, 6.07) is -0.0470. The Morgan fingerprint density at radius 1 is 1.57 bits per heavy atom. The van der Waals surface area contributed by atoms with Gasteiger partial charge in [0.1, 0.15) is 6.04 Å². The van der Waals surface area contributed by atoms with E-state index in [9.17, 15) is 4.79 Å². The van der Waals surface area contributed by atoms with Crippen molar-refractivity contribution in [2.75, 3.05) is 26.3 Å². The first-order valence-corrected chi connectivity index (χ1v) is 5.06. The van der Waals surface area contributed by atoms with Crippen molar-refractivity contribution in [2.24, 2.45) is 0 Å². The van der Waals surface area contributed by atoms with Crippen LogP contribution >= 0.6 is 0 Å². The zero-order valence-electron chi connectivity index (χ0n) is 8.29. The molecule has 2 N–H and O–H groups in total. The molecule has 0 unspecified atom stereocenters. The van der Waals surface area contributed by atoms with E-state index >= 15 is 0 Å². The third-order valence-corrected chi connectivity index (χ3v) is 2.62. The van der Waals surface area contributed by atoms with Gasteiger partial charge >= 0.3 is 5.97 Å². The third kappa shape index (κ3) is 1.89. The number of rotatable bonds is 2. The lowest BCUT2D eigenvalue weighted by Gasteiger charge is -2.31. The minimum atomic E-state index is -0.295. The van der Waals surface area contributed by atoms with E-state index in [-0.39, 0.29) is 24.2 Å². The van der Waals surface area contributed by atoms with E-state index in [1.165, 1.54) is 0 Å². The number of carbonyl (C=O) groups excluding carboxylic acids is 1. The Kier molecular flexibility index (Phi) is 3.00. The average Bonchev–Trinajstić information content (AvgIpc) is 2.64. The van der Waals surface area contributed by atoms with Crippen LogP contribution in [0.1, 0.15) is 6.92 Å². The summed E-state index contributed by atoms with van der Waals surface area (Å²) in [6.07, 6.45) is 0.209. The van der Waals surface area contributed by atoms with Gasteiger partial charge in [-0.2, -0.15) is 0 Å². The highest BCUT2D eigenvalue weighted by Gasteiger charge is 2.37. The number of hydrogen-bond donors (Lipinski definition) is 2. The molecule has 0 aliphatic carbocycles. The summed E-state index contributed by atoms with van der Waals surface area (Å²) in [7, 11) is 0. The Morgan fingerprint density at radius 3 is 3.21 bits per heavy atom. The van der Waals surface area contributed by atoms with Crippen LogP contribution in [0, 0.1) is 0 Å². The van der Waals surface area contributed by atoms with Crippen LogP contribution in [-0.2, 0) is 14.3 Å². The van der Waals surface area contributed by atoms with E-state index < -0.39 is 0 Å². The Balaban J connectivity index is 1.87. The first-order valence-electron chi connectivity index (χ1n) is 5.06. The number of esters is 1. The number of carbonyl (C=O) groups is 1. The summed E-state index contributed by atoms with van der Waals surface area (Å²) >= 11 is 0. The third-order valence-electron chi connectivity index (χ3n) is 2.62. The van der Waals surface area contributed by atoms with E-state index in [2.05, 4.69) is 10.6 Å². The fourth-order valence-electron chi connectivity index (χ4n) is 1.90. The quantitative estimate of drug-likeness (QED) is 0.553. The van der Waals surface area contributed by atoms with Gasteiger partial charge in [-0.25, -0.2) is 0 Å². The van der Waals surface area contributed by atoms with Crippen LogP contribution in [-0.4, -0.2) is 50.5 Å². The predicted octanol–water partition coefficient (Wildman–Crippen LogP) is -1.12. The van der Waals surface area contributed by atoms with Crippen molar-refractivity contribution >= 4 is 5.97 Å². The zero-order valence-corrected chi connectivity index (χ0v) is 8.29. The fourth-order valence-corrected chi connectivity index (χ4v) is 1.90. The van der Waals surface area contributed by atoms with Crippen LogP contribution in [0.5, 0.6) is 0 Å². The molecule has 2 rings (SSSR count). The molecular weight excluding hydrogens is 184 g/mol. The van der Waals surface area contributed by atoms with E-state index in [4.69, 9.17) is 9.47 Å². The Hall–Kier alpha value is -0.650. The minimum Gasteiger partial charge on any atom is -0.465 e. The molecule has 0 aromatic carbocycles. The summed E-state index contributed by atoms with van der Waals surface area (Å²) in [5.41, 5.74) is 0. The van der Waals surface area contributed by atoms with Gasteiger partial charge in [-0.15, -0.1) is 0 Å². The summed E-state index contributed by atoms with van der Waals surface area (Å²) in [4.78, 5) is 11.4. The summed E-state index contributed by atoms with van der Waals surface area (Å²) in [5, 5.41) is 6.45. The monoisotopic (exact) mass is 200 g/mol. The van der Waals surface area contributed by atoms with Crippen molar-refractivity contribution in [3.8, 4) is 0 Å². The molecule has 0 radical (unpaired) electrons. The van der Waals surface area contributed by atoms with Crippen LogP contribution in [0.25, 0.3) is 0 Å². The van der Waals surface area contributed by atoms with Crippen molar-refractivity contribution in [3.63, 3.8) is 0 Å². The van der Waals surface area contributed by atoms with Crippen molar-refractivity contribution in [2.45, 2.75) is 25.1 Å². The average molecular weight is 200 g/mol. The van der Waals surface area contributed by atoms with Crippen molar-refractivity contribution < 1.29 is 14.3 Å². The molecule has 0 spiro atoms. The second kappa shape index (κ2) is 4.25. The van der Waals surface area contributed by atoms with Crippen LogP contribution in [0.4, 0.5) is 0 Å². The van der Waals surface area contributed by atoms with Gasteiger partial charge < -0.3 is 14.8 Å². The van der Waals surface area contributed by atoms with Crippen molar-refractivity contribution in [3.05, 3.63) is 0 Å². The number of morpholine rings is 1. The first kappa shape index (κ1) is 9.89. The van der Waals surface area contributed by atoms with Crippen LogP contribution in [0.15, 0.2) is 0 Å². The molecule has 2 saturated heterocycles. The smallest absolute Gasteiger partial charge is 0.325 e. The lowest BCUT2D eigenvalue weighted by molar-refractivity contribution is -0.151. The molecule has 5 heteroatoms. The maximum absolute atomic E-state index is 11.4. The second-order valence-electron chi connectivity index (χ2n) is 3.61. The maximum Gasteiger partial charge on any atom is 0.325 e. The molecule has 0 saturated carbocycles. The highest BCUT2D eigenvalue weighted by atomic mass is 16.5. The van der Waals surface area contributed by atoms with Gasteiger partial charge in [0.25, 0.3) is 0 Å². The van der Waals surface area contributed by atoms with Crippen LogP contribution in [0.3, 0.4) is 0 Å². The van der Waals surface area contributed by atoms with Crippen LogP contribution < -0.4 is 10.6 Å². The molecule has 0 aromatic heterocycles. The minimum absolute atomic E-state index is 0.209. The number of hydrogen-bond acceptors (Lipinski definition) is 5. The van der Waals surface area contributed by atoms with Gasteiger partial charge in [-0.3, -0.25) is 10.1 Å². The Labute approximate surface area is 83.1 Å². The molecule has 3 atom stereocenters. The highest BCUT2D eigenvalue weighted by Crippen LogP contribution is 2.12. The molecule has 0 amide bonds. The zero-order chi connectivity index (χ0) is 9.97. The molecule has 2 heterocycles. The molecule has 5 nitrogen and oxygen atoms in total. The van der Waals surface area contributed by atoms with Gasteiger partial charge in [0, 0.05) is 19.1 Å². The molecule has 2 aliphatic heterocycles. The van der Waals surface area contributed by atoms with E-state index in [1.807, 2.05) is 6.92 Å². The van der Waals surface area contributed by atoms with E-state index in [0.717, 1.165) is 13.1 Å².